The van der Waals surface area contributed by atoms with Gasteiger partial charge in [0.25, 0.3) is 0 Å². The van der Waals surface area contributed by atoms with Crippen molar-refractivity contribution in [3.63, 3.8) is 0 Å². The summed E-state index contributed by atoms with van der Waals surface area (Å²) < 4.78 is 0. The van der Waals surface area contributed by atoms with E-state index < -0.39 is 0 Å². The van der Waals surface area contributed by atoms with E-state index in [1.54, 1.807) is 0 Å². The standard InChI is InChI=1S/C20H29NO/c1-12-9-15-18-13(2)10-16-20(4,8-6-17(22)21-16)14(18)5-7-19(15,3)11-12/h10,13-15,18H,1,5-9,11H2,2-4H3,(H,21,22)/t13-,14?,15?,18?,19+,20+/m0/s1. The number of allylic oxidation sites excluding steroid dienone is 3. The highest BCUT2D eigenvalue weighted by molar-refractivity contribution is 5.79. The third-order valence-electron chi connectivity index (χ3n) is 7.63. The highest BCUT2D eigenvalue weighted by Gasteiger charge is 2.58. The monoisotopic (exact) mass is 299 g/mol. The zero-order valence-electron chi connectivity index (χ0n) is 14.2. The molecule has 1 amide bonds. The lowest BCUT2D eigenvalue weighted by Crippen LogP contribution is -2.54. The summed E-state index contributed by atoms with van der Waals surface area (Å²) in [7, 11) is 0. The minimum Gasteiger partial charge on any atom is -0.330 e. The van der Waals surface area contributed by atoms with Gasteiger partial charge in [-0.25, -0.2) is 0 Å². The maximum atomic E-state index is 11.8. The molecule has 3 fully saturated rings. The number of amides is 1. The lowest BCUT2D eigenvalue weighted by Gasteiger charge is -2.58. The molecule has 2 saturated carbocycles. The molecule has 4 aliphatic rings. The molecule has 0 aromatic heterocycles. The maximum Gasteiger partial charge on any atom is 0.224 e. The molecule has 1 aliphatic heterocycles. The van der Waals surface area contributed by atoms with Gasteiger partial charge in [0.15, 0.2) is 0 Å². The summed E-state index contributed by atoms with van der Waals surface area (Å²) in [5.74, 6) is 3.07. The summed E-state index contributed by atoms with van der Waals surface area (Å²) >= 11 is 0. The van der Waals surface area contributed by atoms with Gasteiger partial charge >= 0.3 is 0 Å². The Bertz CT molecular complexity index is 576. The van der Waals surface area contributed by atoms with Crippen molar-refractivity contribution in [1.29, 1.82) is 0 Å². The van der Waals surface area contributed by atoms with Crippen LogP contribution in [0.2, 0.25) is 0 Å². The van der Waals surface area contributed by atoms with Crippen LogP contribution in [-0.2, 0) is 4.79 Å². The molecule has 2 heteroatoms. The Kier molecular flexibility index (Phi) is 2.97. The van der Waals surface area contributed by atoms with Crippen LogP contribution in [0.1, 0.15) is 59.3 Å². The minimum atomic E-state index is 0.191. The van der Waals surface area contributed by atoms with Crippen LogP contribution in [0.5, 0.6) is 0 Å². The molecule has 4 rings (SSSR count). The first-order valence-corrected chi connectivity index (χ1v) is 9.02. The lowest BCUT2D eigenvalue weighted by atomic mass is 9.48. The Morgan fingerprint density at radius 2 is 2.05 bits per heavy atom. The molecular weight excluding hydrogens is 270 g/mol. The number of hydrogen-bond donors (Lipinski definition) is 1. The van der Waals surface area contributed by atoms with Gasteiger partial charge in [-0.2, -0.15) is 0 Å². The summed E-state index contributed by atoms with van der Waals surface area (Å²) in [6.07, 6.45) is 9.24. The van der Waals surface area contributed by atoms with Gasteiger partial charge in [-0.05, 0) is 61.2 Å². The van der Waals surface area contributed by atoms with Crippen LogP contribution in [0.3, 0.4) is 0 Å². The van der Waals surface area contributed by atoms with Crippen molar-refractivity contribution in [1.82, 2.24) is 5.32 Å². The van der Waals surface area contributed by atoms with Gasteiger partial charge in [-0.15, -0.1) is 0 Å². The molecule has 3 unspecified atom stereocenters. The second-order valence-corrected chi connectivity index (χ2v) is 9.02. The molecular formula is C20H29NO. The Morgan fingerprint density at radius 3 is 2.82 bits per heavy atom. The minimum absolute atomic E-state index is 0.191. The maximum absolute atomic E-state index is 11.8. The summed E-state index contributed by atoms with van der Waals surface area (Å²) in [6, 6.07) is 0. The number of fused-ring (bicyclic) bond motifs is 5. The molecule has 120 valence electrons. The third kappa shape index (κ3) is 1.82. The van der Waals surface area contributed by atoms with Gasteiger partial charge in [0.2, 0.25) is 5.91 Å². The first-order valence-electron chi connectivity index (χ1n) is 9.02. The number of hydrogen-bond acceptors (Lipinski definition) is 1. The van der Waals surface area contributed by atoms with Crippen LogP contribution < -0.4 is 5.32 Å². The molecule has 6 atom stereocenters. The summed E-state index contributed by atoms with van der Waals surface area (Å²) in [4.78, 5) is 11.8. The Morgan fingerprint density at radius 1 is 1.27 bits per heavy atom. The van der Waals surface area contributed by atoms with Crippen molar-refractivity contribution >= 4 is 5.91 Å². The van der Waals surface area contributed by atoms with Crippen LogP contribution in [0.25, 0.3) is 0 Å². The van der Waals surface area contributed by atoms with Crippen LogP contribution in [0.4, 0.5) is 0 Å². The predicted molar refractivity (Wildman–Crippen MR) is 88.9 cm³/mol. The molecule has 0 aromatic carbocycles. The fourth-order valence-corrected chi connectivity index (χ4v) is 6.50. The van der Waals surface area contributed by atoms with E-state index in [0.717, 1.165) is 24.2 Å². The molecule has 0 bridgehead atoms. The molecule has 22 heavy (non-hydrogen) atoms. The highest BCUT2D eigenvalue weighted by atomic mass is 16.1. The van der Waals surface area contributed by atoms with E-state index in [1.165, 1.54) is 37.0 Å². The quantitative estimate of drug-likeness (QED) is 0.658. The van der Waals surface area contributed by atoms with Crippen molar-refractivity contribution in [2.75, 3.05) is 0 Å². The van der Waals surface area contributed by atoms with Gasteiger partial charge in [0, 0.05) is 17.5 Å². The fraction of sp³-hybridized carbons (Fsp3) is 0.750. The van der Waals surface area contributed by atoms with Crippen LogP contribution in [0.15, 0.2) is 23.9 Å². The Hall–Kier alpha value is -1.05. The molecule has 0 aromatic rings. The van der Waals surface area contributed by atoms with Crippen LogP contribution in [0, 0.1) is 34.5 Å². The van der Waals surface area contributed by atoms with E-state index in [9.17, 15) is 4.79 Å². The summed E-state index contributed by atoms with van der Waals surface area (Å²) in [5, 5.41) is 3.20. The van der Waals surface area contributed by atoms with E-state index in [4.69, 9.17) is 0 Å². The third-order valence-corrected chi connectivity index (χ3v) is 7.63. The number of carbonyl (C=O) groups excluding carboxylic acids is 1. The molecule has 2 nitrogen and oxygen atoms in total. The topological polar surface area (TPSA) is 29.1 Å². The zero-order valence-corrected chi connectivity index (χ0v) is 14.2. The van der Waals surface area contributed by atoms with Crippen molar-refractivity contribution in [3.05, 3.63) is 23.9 Å². The van der Waals surface area contributed by atoms with Crippen molar-refractivity contribution in [2.45, 2.75) is 59.3 Å². The number of carbonyl (C=O) groups is 1. The van der Waals surface area contributed by atoms with Gasteiger partial charge < -0.3 is 5.32 Å². The van der Waals surface area contributed by atoms with E-state index in [-0.39, 0.29) is 11.3 Å². The number of nitrogens with one attached hydrogen (secondary N) is 1. The van der Waals surface area contributed by atoms with E-state index in [2.05, 4.69) is 38.7 Å². The second-order valence-electron chi connectivity index (χ2n) is 9.02. The predicted octanol–water partition coefficient (Wildman–Crippen LogP) is 4.44. The van der Waals surface area contributed by atoms with Gasteiger partial charge in [-0.3, -0.25) is 4.79 Å². The van der Waals surface area contributed by atoms with Crippen LogP contribution >= 0.6 is 0 Å². The van der Waals surface area contributed by atoms with Crippen molar-refractivity contribution < 1.29 is 4.79 Å². The molecule has 0 radical (unpaired) electrons. The average Bonchev–Trinajstić information content (AvgIpc) is 2.75. The number of piperidine rings is 1. The largest absolute Gasteiger partial charge is 0.330 e. The molecule has 3 aliphatic carbocycles. The van der Waals surface area contributed by atoms with Crippen molar-refractivity contribution in [2.24, 2.45) is 34.5 Å². The normalized spacial score (nSPS) is 50.6. The van der Waals surface area contributed by atoms with E-state index in [0.29, 0.717) is 17.8 Å². The molecule has 1 N–H and O–H groups in total. The van der Waals surface area contributed by atoms with E-state index >= 15 is 0 Å². The summed E-state index contributed by atoms with van der Waals surface area (Å²) in [5.41, 5.74) is 3.37. The second kappa shape index (κ2) is 4.49. The Balaban J connectivity index is 1.75. The smallest absolute Gasteiger partial charge is 0.224 e. The Labute approximate surface area is 134 Å². The van der Waals surface area contributed by atoms with E-state index in [1.807, 2.05) is 0 Å². The highest BCUT2D eigenvalue weighted by Crippen LogP contribution is 2.65. The molecule has 0 spiro atoms. The zero-order chi connectivity index (χ0) is 15.7. The van der Waals surface area contributed by atoms with Crippen LogP contribution in [-0.4, -0.2) is 5.91 Å². The summed E-state index contributed by atoms with van der Waals surface area (Å²) in [6.45, 7) is 11.6. The fourth-order valence-electron chi connectivity index (χ4n) is 6.50. The molecule has 1 heterocycles. The first kappa shape index (κ1) is 14.5. The SMILES string of the molecule is C=C1CC2C3C(CC[C@]2(C)C1)[C@@]1(C)CCC(=O)NC1=C[C@@H]3C. The lowest BCUT2D eigenvalue weighted by molar-refractivity contribution is -0.125. The molecule has 1 saturated heterocycles. The van der Waals surface area contributed by atoms with Gasteiger partial charge in [0.1, 0.15) is 0 Å². The van der Waals surface area contributed by atoms with Crippen molar-refractivity contribution in [3.8, 4) is 0 Å². The first-order chi connectivity index (χ1) is 10.3. The number of rotatable bonds is 0. The van der Waals surface area contributed by atoms with Gasteiger partial charge in [0.05, 0.1) is 0 Å². The average molecular weight is 299 g/mol. The van der Waals surface area contributed by atoms with Gasteiger partial charge in [-0.1, -0.05) is 39.0 Å².